The lowest BCUT2D eigenvalue weighted by Crippen LogP contribution is -2.37. The van der Waals surface area contributed by atoms with E-state index in [2.05, 4.69) is 0 Å². The Labute approximate surface area is 114 Å². The lowest BCUT2D eigenvalue weighted by molar-refractivity contribution is -0.132. The fourth-order valence-corrected chi connectivity index (χ4v) is 2.13. The topological polar surface area (TPSA) is 55.6 Å². The van der Waals surface area contributed by atoms with Crippen LogP contribution < -0.4 is 10.5 Å². The molecule has 0 spiro atoms. The van der Waals surface area contributed by atoms with Crippen molar-refractivity contribution in [3.05, 3.63) is 29.8 Å². The van der Waals surface area contributed by atoms with E-state index >= 15 is 0 Å². The molecule has 0 aromatic heterocycles. The third kappa shape index (κ3) is 3.96. The molecule has 0 aliphatic carbocycles. The highest BCUT2D eigenvalue weighted by molar-refractivity contribution is 5.76. The second-order valence-electron chi connectivity index (χ2n) is 5.76. The molecule has 104 valence electrons. The SMILES string of the molecule is CC(C)(N)CCC(=O)N1CCOc2ccccc2C1. The number of para-hydroxylation sites is 1. The third-order valence-electron chi connectivity index (χ3n) is 3.29. The second-order valence-corrected chi connectivity index (χ2v) is 5.76. The van der Waals surface area contributed by atoms with E-state index in [-0.39, 0.29) is 11.4 Å². The summed E-state index contributed by atoms with van der Waals surface area (Å²) in [6, 6.07) is 7.88. The molecule has 2 N–H and O–H groups in total. The number of carbonyl (C=O) groups excluding carboxylic acids is 1. The summed E-state index contributed by atoms with van der Waals surface area (Å²) in [6.45, 7) is 5.70. The van der Waals surface area contributed by atoms with Crippen molar-refractivity contribution in [2.75, 3.05) is 13.2 Å². The molecule has 0 unspecified atom stereocenters. The molecule has 0 fully saturated rings. The molecule has 19 heavy (non-hydrogen) atoms. The Kier molecular flexibility index (Phi) is 4.10. The van der Waals surface area contributed by atoms with Crippen LogP contribution in [-0.4, -0.2) is 29.5 Å². The van der Waals surface area contributed by atoms with Gasteiger partial charge in [-0.05, 0) is 26.3 Å². The Morgan fingerprint density at radius 1 is 1.42 bits per heavy atom. The maximum Gasteiger partial charge on any atom is 0.223 e. The van der Waals surface area contributed by atoms with Crippen molar-refractivity contribution in [3.63, 3.8) is 0 Å². The van der Waals surface area contributed by atoms with Gasteiger partial charge in [0.15, 0.2) is 0 Å². The summed E-state index contributed by atoms with van der Waals surface area (Å²) in [6.07, 6.45) is 1.19. The molecule has 0 atom stereocenters. The Hall–Kier alpha value is -1.55. The highest BCUT2D eigenvalue weighted by atomic mass is 16.5. The van der Waals surface area contributed by atoms with Crippen LogP contribution in [-0.2, 0) is 11.3 Å². The Balaban J connectivity index is 2.00. The zero-order valence-electron chi connectivity index (χ0n) is 11.7. The van der Waals surface area contributed by atoms with Crippen LogP contribution in [0.2, 0.25) is 0 Å². The van der Waals surface area contributed by atoms with E-state index in [1.807, 2.05) is 43.0 Å². The van der Waals surface area contributed by atoms with E-state index in [1.54, 1.807) is 0 Å². The molecule has 1 amide bonds. The van der Waals surface area contributed by atoms with Crippen LogP contribution in [0.25, 0.3) is 0 Å². The van der Waals surface area contributed by atoms with Gasteiger partial charge in [-0.25, -0.2) is 0 Å². The first-order chi connectivity index (χ1) is 8.96. The zero-order valence-corrected chi connectivity index (χ0v) is 11.7. The minimum absolute atomic E-state index is 0.152. The summed E-state index contributed by atoms with van der Waals surface area (Å²) >= 11 is 0. The number of nitrogens with two attached hydrogens (primary N) is 1. The van der Waals surface area contributed by atoms with Gasteiger partial charge in [-0.2, -0.15) is 0 Å². The molecule has 4 nitrogen and oxygen atoms in total. The van der Waals surface area contributed by atoms with Crippen molar-refractivity contribution in [3.8, 4) is 5.75 Å². The molecular formula is C15H22N2O2. The van der Waals surface area contributed by atoms with Gasteiger partial charge in [-0.3, -0.25) is 4.79 Å². The minimum atomic E-state index is -0.296. The molecule has 0 saturated heterocycles. The van der Waals surface area contributed by atoms with Crippen molar-refractivity contribution in [2.24, 2.45) is 5.73 Å². The van der Waals surface area contributed by atoms with Crippen molar-refractivity contribution in [1.29, 1.82) is 0 Å². The summed E-state index contributed by atoms with van der Waals surface area (Å²) < 4.78 is 5.66. The summed E-state index contributed by atoms with van der Waals surface area (Å²) in [4.78, 5) is 14.1. The monoisotopic (exact) mass is 262 g/mol. The van der Waals surface area contributed by atoms with Gasteiger partial charge in [0.05, 0.1) is 6.54 Å². The van der Waals surface area contributed by atoms with Crippen molar-refractivity contribution in [2.45, 2.75) is 38.8 Å². The lowest BCUT2D eigenvalue weighted by Gasteiger charge is -2.23. The van der Waals surface area contributed by atoms with Gasteiger partial charge < -0.3 is 15.4 Å². The van der Waals surface area contributed by atoms with Crippen molar-refractivity contribution < 1.29 is 9.53 Å². The number of fused-ring (bicyclic) bond motifs is 1. The number of amides is 1. The number of hydrogen-bond donors (Lipinski definition) is 1. The van der Waals surface area contributed by atoms with E-state index in [9.17, 15) is 4.79 Å². The summed E-state index contributed by atoms with van der Waals surface area (Å²) in [7, 11) is 0. The van der Waals surface area contributed by atoms with E-state index in [1.165, 1.54) is 0 Å². The summed E-state index contributed by atoms with van der Waals surface area (Å²) in [5, 5.41) is 0. The van der Waals surface area contributed by atoms with Gasteiger partial charge in [0.1, 0.15) is 12.4 Å². The Bertz CT molecular complexity index is 452. The third-order valence-corrected chi connectivity index (χ3v) is 3.29. The van der Waals surface area contributed by atoms with Crippen molar-refractivity contribution in [1.82, 2.24) is 4.90 Å². The van der Waals surface area contributed by atoms with Crippen LogP contribution in [0.15, 0.2) is 24.3 Å². The molecule has 0 bridgehead atoms. The first-order valence-corrected chi connectivity index (χ1v) is 6.73. The Morgan fingerprint density at radius 2 is 2.16 bits per heavy atom. The van der Waals surface area contributed by atoms with Crippen LogP contribution in [0.4, 0.5) is 0 Å². The smallest absolute Gasteiger partial charge is 0.223 e. The quantitative estimate of drug-likeness (QED) is 0.905. The van der Waals surface area contributed by atoms with Gasteiger partial charge in [-0.1, -0.05) is 18.2 Å². The van der Waals surface area contributed by atoms with Crippen LogP contribution in [0.1, 0.15) is 32.3 Å². The van der Waals surface area contributed by atoms with Gasteiger partial charge in [0, 0.05) is 24.1 Å². The number of ether oxygens (including phenoxy) is 1. The van der Waals surface area contributed by atoms with Gasteiger partial charge >= 0.3 is 0 Å². The first-order valence-electron chi connectivity index (χ1n) is 6.73. The highest BCUT2D eigenvalue weighted by Crippen LogP contribution is 2.23. The molecule has 2 rings (SSSR count). The fourth-order valence-electron chi connectivity index (χ4n) is 2.13. The van der Waals surface area contributed by atoms with Gasteiger partial charge in [0.2, 0.25) is 5.91 Å². The Morgan fingerprint density at radius 3 is 2.89 bits per heavy atom. The molecule has 1 aliphatic heterocycles. The largest absolute Gasteiger partial charge is 0.491 e. The van der Waals surface area contributed by atoms with Crippen LogP contribution in [0.5, 0.6) is 5.75 Å². The average molecular weight is 262 g/mol. The van der Waals surface area contributed by atoms with E-state index in [0.29, 0.717) is 32.5 Å². The number of nitrogens with zero attached hydrogens (tertiary/aromatic N) is 1. The normalized spacial score (nSPS) is 15.4. The molecule has 1 heterocycles. The van der Waals surface area contributed by atoms with E-state index in [0.717, 1.165) is 11.3 Å². The molecule has 1 aromatic rings. The zero-order chi connectivity index (χ0) is 13.9. The maximum atomic E-state index is 12.2. The van der Waals surface area contributed by atoms with Gasteiger partial charge in [0.25, 0.3) is 0 Å². The standard InChI is InChI=1S/C15H22N2O2/c1-15(2,16)8-7-14(18)17-9-10-19-13-6-4-3-5-12(13)11-17/h3-6H,7-11,16H2,1-2H3. The van der Waals surface area contributed by atoms with Crippen LogP contribution in [0.3, 0.4) is 0 Å². The predicted molar refractivity (Wildman–Crippen MR) is 74.9 cm³/mol. The maximum absolute atomic E-state index is 12.2. The average Bonchev–Trinajstić information content (AvgIpc) is 2.57. The molecule has 4 heteroatoms. The van der Waals surface area contributed by atoms with Crippen LogP contribution in [0, 0.1) is 0 Å². The van der Waals surface area contributed by atoms with E-state index < -0.39 is 0 Å². The highest BCUT2D eigenvalue weighted by Gasteiger charge is 2.21. The van der Waals surface area contributed by atoms with E-state index in [4.69, 9.17) is 10.5 Å². The minimum Gasteiger partial charge on any atom is -0.491 e. The van der Waals surface area contributed by atoms with Crippen LogP contribution >= 0.6 is 0 Å². The number of carbonyl (C=O) groups is 1. The number of benzene rings is 1. The molecule has 0 saturated carbocycles. The van der Waals surface area contributed by atoms with Crippen molar-refractivity contribution >= 4 is 5.91 Å². The molecule has 0 radical (unpaired) electrons. The first kappa shape index (κ1) is 13.9. The predicted octanol–water partition coefficient (Wildman–Crippen LogP) is 1.93. The summed E-state index contributed by atoms with van der Waals surface area (Å²) in [5.74, 6) is 1.04. The summed E-state index contributed by atoms with van der Waals surface area (Å²) in [5.41, 5.74) is 6.70. The molecule has 1 aromatic carbocycles. The fraction of sp³-hybridized carbons (Fsp3) is 0.533. The second kappa shape index (κ2) is 5.61. The van der Waals surface area contributed by atoms with Gasteiger partial charge in [-0.15, -0.1) is 0 Å². The molecular weight excluding hydrogens is 240 g/mol. The lowest BCUT2D eigenvalue weighted by atomic mass is 9.99. The number of rotatable bonds is 3. The number of hydrogen-bond acceptors (Lipinski definition) is 3. The molecule has 1 aliphatic rings.